The maximum Gasteiger partial charge on any atom is 0.125 e. The van der Waals surface area contributed by atoms with Crippen LogP contribution >= 0.6 is 0 Å². The number of hydrogen-bond donors (Lipinski definition) is 1. The Hall–Kier alpha value is -0.955. The van der Waals surface area contributed by atoms with Crippen molar-refractivity contribution in [2.45, 2.75) is 57.7 Å². The zero-order chi connectivity index (χ0) is 13.2. The maximum absolute atomic E-state index is 10.3. The van der Waals surface area contributed by atoms with Gasteiger partial charge in [-0.25, -0.2) is 0 Å². The molecule has 0 aliphatic carbocycles. The molecule has 1 aromatic carbocycles. The Labute approximate surface area is 111 Å². The van der Waals surface area contributed by atoms with E-state index in [0.29, 0.717) is 11.9 Å². The first-order chi connectivity index (χ1) is 8.60. The average Bonchev–Trinajstić information content (AvgIpc) is 2.31. The van der Waals surface area contributed by atoms with Crippen molar-refractivity contribution in [2.75, 3.05) is 0 Å². The second kappa shape index (κ2) is 5.35. The highest BCUT2D eigenvalue weighted by Gasteiger charge is 2.38. The third-order valence-corrected chi connectivity index (χ3v) is 3.70. The first kappa shape index (κ1) is 13.5. The number of aliphatic hydroxyl groups excluding tert-OH is 1. The lowest BCUT2D eigenvalue weighted by molar-refractivity contribution is -0.0267. The molecule has 2 radical (unpaired) electrons. The highest BCUT2D eigenvalue weighted by Crippen LogP contribution is 2.43. The Kier molecular flexibility index (Phi) is 4.01. The Bertz CT molecular complexity index is 411. The molecule has 2 nitrogen and oxygen atoms in total. The normalized spacial score (nSPS) is 21.2. The molecular weight excluding hydrogens is 223 g/mol. The quantitative estimate of drug-likeness (QED) is 0.825. The summed E-state index contributed by atoms with van der Waals surface area (Å²) in [6.07, 6.45) is 4.32. The van der Waals surface area contributed by atoms with Gasteiger partial charge in [0.25, 0.3) is 0 Å². The molecule has 1 aliphatic rings. The average molecular weight is 244 g/mol. The van der Waals surface area contributed by atoms with E-state index in [1.54, 1.807) is 0 Å². The van der Waals surface area contributed by atoms with Crippen LogP contribution in [0.3, 0.4) is 0 Å². The van der Waals surface area contributed by atoms with Crippen molar-refractivity contribution in [1.29, 1.82) is 0 Å². The molecule has 1 aromatic rings. The van der Waals surface area contributed by atoms with Crippen LogP contribution in [0.4, 0.5) is 0 Å². The molecule has 0 saturated heterocycles. The Morgan fingerprint density at radius 2 is 2.00 bits per heavy atom. The van der Waals surface area contributed by atoms with Crippen LogP contribution in [0.5, 0.6) is 5.75 Å². The van der Waals surface area contributed by atoms with E-state index >= 15 is 0 Å². The fourth-order valence-electron chi connectivity index (χ4n) is 3.00. The van der Waals surface area contributed by atoms with Crippen molar-refractivity contribution >= 4 is 13.3 Å². The predicted molar refractivity (Wildman–Crippen MR) is 74.6 cm³/mol. The van der Waals surface area contributed by atoms with Crippen LogP contribution < -0.4 is 10.2 Å². The highest BCUT2D eigenvalue weighted by molar-refractivity contribution is 6.32. The summed E-state index contributed by atoms with van der Waals surface area (Å²) in [4.78, 5) is 0. The lowest BCUT2D eigenvalue weighted by Crippen LogP contribution is -2.41. The van der Waals surface area contributed by atoms with Gasteiger partial charge in [0.2, 0.25) is 0 Å². The van der Waals surface area contributed by atoms with Gasteiger partial charge in [-0.15, -0.1) is 0 Å². The highest BCUT2D eigenvalue weighted by atomic mass is 16.5. The molecular formula is C15H21BO2. The number of hydrogen-bond acceptors (Lipinski definition) is 2. The van der Waals surface area contributed by atoms with Crippen molar-refractivity contribution in [2.24, 2.45) is 0 Å². The minimum absolute atomic E-state index is 0.202. The zero-order valence-electron chi connectivity index (χ0n) is 11.3. The number of fused-ring (bicyclic) bond motifs is 1. The number of benzene rings is 1. The lowest BCUT2D eigenvalue weighted by Gasteiger charge is -2.41. The van der Waals surface area contributed by atoms with Crippen LogP contribution in [0, 0.1) is 0 Å². The molecule has 0 spiro atoms. The predicted octanol–water partition coefficient (Wildman–Crippen LogP) is 2.64. The minimum atomic E-state index is -0.463. The van der Waals surface area contributed by atoms with E-state index < -0.39 is 6.10 Å². The Balaban J connectivity index is 2.32. The third-order valence-electron chi connectivity index (χ3n) is 3.70. The first-order valence-corrected chi connectivity index (χ1v) is 6.86. The smallest absolute Gasteiger partial charge is 0.125 e. The van der Waals surface area contributed by atoms with Crippen LogP contribution in [0.2, 0.25) is 0 Å². The van der Waals surface area contributed by atoms with E-state index in [1.165, 1.54) is 0 Å². The van der Waals surface area contributed by atoms with E-state index in [9.17, 15) is 5.11 Å². The van der Waals surface area contributed by atoms with Gasteiger partial charge in [-0.3, -0.25) is 0 Å². The number of rotatable bonds is 4. The number of ether oxygens (including phenoxy) is 1. The third kappa shape index (κ3) is 2.56. The van der Waals surface area contributed by atoms with Crippen molar-refractivity contribution in [3.8, 4) is 5.75 Å². The molecule has 1 N–H and O–H groups in total. The van der Waals surface area contributed by atoms with Gasteiger partial charge in [-0.1, -0.05) is 44.3 Å². The molecule has 18 heavy (non-hydrogen) atoms. The van der Waals surface area contributed by atoms with E-state index in [-0.39, 0.29) is 5.60 Å². The molecule has 3 heteroatoms. The second-order valence-electron chi connectivity index (χ2n) is 5.30. The Morgan fingerprint density at radius 1 is 1.33 bits per heavy atom. The van der Waals surface area contributed by atoms with Crippen LogP contribution in [-0.2, 0) is 0 Å². The van der Waals surface area contributed by atoms with E-state index in [0.717, 1.165) is 37.0 Å². The van der Waals surface area contributed by atoms with E-state index in [2.05, 4.69) is 13.8 Å². The summed E-state index contributed by atoms with van der Waals surface area (Å²) in [5.74, 6) is 0.796. The molecule has 1 aliphatic heterocycles. The van der Waals surface area contributed by atoms with Gasteiger partial charge in [0.1, 0.15) is 19.2 Å². The number of aliphatic hydroxyl groups is 1. The van der Waals surface area contributed by atoms with Crippen LogP contribution in [-0.4, -0.2) is 18.6 Å². The molecule has 1 heterocycles. The van der Waals surface area contributed by atoms with Crippen LogP contribution in [0.1, 0.15) is 57.6 Å². The molecule has 1 atom stereocenters. The molecule has 0 amide bonds. The molecule has 0 saturated carbocycles. The topological polar surface area (TPSA) is 29.5 Å². The summed E-state index contributed by atoms with van der Waals surface area (Å²) < 4.78 is 6.21. The minimum Gasteiger partial charge on any atom is -0.487 e. The molecule has 0 bridgehead atoms. The van der Waals surface area contributed by atoms with Gasteiger partial charge in [-0.05, 0) is 18.9 Å². The molecule has 96 valence electrons. The molecule has 0 fully saturated rings. The van der Waals surface area contributed by atoms with Crippen LogP contribution in [0.15, 0.2) is 18.2 Å². The zero-order valence-corrected chi connectivity index (χ0v) is 11.3. The molecule has 1 unspecified atom stereocenters. The van der Waals surface area contributed by atoms with Gasteiger partial charge < -0.3 is 9.84 Å². The fourth-order valence-corrected chi connectivity index (χ4v) is 3.00. The maximum atomic E-state index is 10.3. The van der Waals surface area contributed by atoms with E-state index in [1.807, 2.05) is 18.2 Å². The largest absolute Gasteiger partial charge is 0.487 e. The van der Waals surface area contributed by atoms with E-state index in [4.69, 9.17) is 12.6 Å². The van der Waals surface area contributed by atoms with Crippen molar-refractivity contribution in [3.63, 3.8) is 0 Å². The summed E-state index contributed by atoms with van der Waals surface area (Å²) in [6.45, 7) is 4.32. The lowest BCUT2D eigenvalue weighted by atomic mass is 9.81. The summed E-state index contributed by atoms with van der Waals surface area (Å²) in [5, 5.41) is 10.3. The van der Waals surface area contributed by atoms with Crippen molar-refractivity contribution in [3.05, 3.63) is 23.8 Å². The van der Waals surface area contributed by atoms with Gasteiger partial charge in [0.05, 0.1) is 6.10 Å². The standard InChI is InChI=1S/C15H21BO2/c1-3-7-15(8-4-2)10-13(17)12-9-11(16)5-6-14(12)18-15/h5-6,9,13,17H,3-4,7-8,10H2,1-2H3. The van der Waals surface area contributed by atoms with Gasteiger partial charge in [0, 0.05) is 12.0 Å². The summed E-state index contributed by atoms with van der Waals surface area (Å²) >= 11 is 0. The SMILES string of the molecule is [B]c1ccc2c(c1)C(O)CC(CCC)(CCC)O2. The molecule has 0 aromatic heterocycles. The summed E-state index contributed by atoms with van der Waals surface area (Å²) in [6, 6.07) is 5.54. The Morgan fingerprint density at radius 3 is 2.61 bits per heavy atom. The van der Waals surface area contributed by atoms with Gasteiger partial charge in [-0.2, -0.15) is 0 Å². The fraction of sp³-hybridized carbons (Fsp3) is 0.600. The summed E-state index contributed by atoms with van der Waals surface area (Å²) in [5.41, 5.74) is 1.30. The second-order valence-corrected chi connectivity index (χ2v) is 5.30. The van der Waals surface area contributed by atoms with Crippen molar-refractivity contribution in [1.82, 2.24) is 0 Å². The van der Waals surface area contributed by atoms with Gasteiger partial charge in [0.15, 0.2) is 0 Å². The summed E-state index contributed by atoms with van der Waals surface area (Å²) in [7, 11) is 5.76. The first-order valence-electron chi connectivity index (χ1n) is 6.86. The van der Waals surface area contributed by atoms with Crippen molar-refractivity contribution < 1.29 is 9.84 Å². The molecule has 2 rings (SSSR count). The monoisotopic (exact) mass is 244 g/mol. The van der Waals surface area contributed by atoms with Gasteiger partial charge >= 0.3 is 0 Å². The van der Waals surface area contributed by atoms with Crippen LogP contribution in [0.25, 0.3) is 0 Å².